The molecule has 0 aliphatic carbocycles. The number of ketones is 1. The van der Waals surface area contributed by atoms with Gasteiger partial charge < -0.3 is 14.6 Å². The Hall–Kier alpha value is -2.63. The molecule has 0 spiro atoms. The van der Waals surface area contributed by atoms with Gasteiger partial charge in [-0.1, -0.05) is 13.8 Å². The van der Waals surface area contributed by atoms with Crippen molar-refractivity contribution in [1.82, 2.24) is 14.9 Å². The van der Waals surface area contributed by atoms with E-state index in [9.17, 15) is 9.59 Å². The SMILES string of the molecule is CCC(=O)c1ccc(OCC(=O)NC(CC)Cn2ccnc2)cc1. The van der Waals surface area contributed by atoms with Crippen LogP contribution < -0.4 is 10.1 Å². The van der Waals surface area contributed by atoms with Gasteiger partial charge in [0.15, 0.2) is 12.4 Å². The molecule has 0 saturated heterocycles. The van der Waals surface area contributed by atoms with E-state index in [1.54, 1.807) is 36.8 Å². The molecule has 24 heavy (non-hydrogen) atoms. The molecule has 0 radical (unpaired) electrons. The minimum atomic E-state index is -0.171. The maximum Gasteiger partial charge on any atom is 0.258 e. The van der Waals surface area contributed by atoms with Crippen LogP contribution in [-0.4, -0.2) is 33.9 Å². The van der Waals surface area contributed by atoms with Gasteiger partial charge >= 0.3 is 0 Å². The number of imidazole rings is 1. The Bertz CT molecular complexity index is 651. The zero-order valence-corrected chi connectivity index (χ0v) is 14.1. The van der Waals surface area contributed by atoms with Crippen LogP contribution in [0.1, 0.15) is 37.0 Å². The molecule has 2 rings (SSSR count). The van der Waals surface area contributed by atoms with Crippen LogP contribution in [0, 0.1) is 0 Å². The molecule has 1 heterocycles. The highest BCUT2D eigenvalue weighted by Gasteiger charge is 2.12. The van der Waals surface area contributed by atoms with Crippen molar-refractivity contribution in [3.63, 3.8) is 0 Å². The van der Waals surface area contributed by atoms with Crippen LogP contribution in [0.3, 0.4) is 0 Å². The summed E-state index contributed by atoms with van der Waals surface area (Å²) in [4.78, 5) is 27.6. The van der Waals surface area contributed by atoms with Crippen LogP contribution in [0.2, 0.25) is 0 Å². The highest BCUT2D eigenvalue weighted by molar-refractivity contribution is 5.95. The van der Waals surface area contributed by atoms with Crippen molar-refractivity contribution in [2.75, 3.05) is 6.61 Å². The first-order valence-corrected chi connectivity index (χ1v) is 8.13. The number of hydrogen-bond acceptors (Lipinski definition) is 4. The third kappa shape index (κ3) is 5.22. The van der Waals surface area contributed by atoms with Gasteiger partial charge in [-0.3, -0.25) is 9.59 Å². The van der Waals surface area contributed by atoms with E-state index >= 15 is 0 Å². The van der Waals surface area contributed by atoms with E-state index in [1.807, 2.05) is 24.6 Å². The fourth-order valence-electron chi connectivity index (χ4n) is 2.29. The largest absolute Gasteiger partial charge is 0.484 e. The summed E-state index contributed by atoms with van der Waals surface area (Å²) in [6.45, 7) is 4.47. The van der Waals surface area contributed by atoms with Gasteiger partial charge in [-0.2, -0.15) is 0 Å². The highest BCUT2D eigenvalue weighted by atomic mass is 16.5. The van der Waals surface area contributed by atoms with Gasteiger partial charge in [0.05, 0.1) is 6.33 Å². The van der Waals surface area contributed by atoms with Crippen molar-refractivity contribution in [3.05, 3.63) is 48.5 Å². The maximum absolute atomic E-state index is 12.0. The van der Waals surface area contributed by atoms with Gasteiger partial charge in [-0.05, 0) is 30.7 Å². The van der Waals surface area contributed by atoms with E-state index in [1.165, 1.54) is 0 Å². The molecule has 128 valence electrons. The van der Waals surface area contributed by atoms with Crippen LogP contribution in [0.5, 0.6) is 5.75 Å². The Balaban J connectivity index is 1.80. The van der Waals surface area contributed by atoms with Gasteiger partial charge in [0.2, 0.25) is 0 Å². The van der Waals surface area contributed by atoms with Gasteiger partial charge in [-0.25, -0.2) is 4.98 Å². The first-order valence-electron chi connectivity index (χ1n) is 8.13. The minimum absolute atomic E-state index is 0.0276. The molecule has 0 bridgehead atoms. The summed E-state index contributed by atoms with van der Waals surface area (Å²) in [6, 6.07) is 6.87. The molecule has 1 atom stereocenters. The predicted octanol–water partition coefficient (Wildman–Crippen LogP) is 2.45. The Morgan fingerprint density at radius 1 is 1.25 bits per heavy atom. The van der Waals surface area contributed by atoms with Crippen LogP contribution in [0.15, 0.2) is 43.0 Å². The summed E-state index contributed by atoms with van der Waals surface area (Å²) >= 11 is 0. The molecule has 6 heteroatoms. The molecule has 1 aromatic heterocycles. The number of Topliss-reactive ketones (excluding diaryl/α,β-unsaturated/α-hetero) is 1. The number of ether oxygens (including phenoxy) is 1. The van der Waals surface area contributed by atoms with E-state index in [0.29, 0.717) is 24.3 Å². The average molecular weight is 329 g/mol. The number of rotatable bonds is 9. The van der Waals surface area contributed by atoms with Crippen LogP contribution in [0.25, 0.3) is 0 Å². The van der Waals surface area contributed by atoms with Crippen molar-refractivity contribution in [2.45, 2.75) is 39.3 Å². The van der Waals surface area contributed by atoms with Gasteiger partial charge in [0, 0.05) is 37.0 Å². The molecule has 1 amide bonds. The Morgan fingerprint density at radius 2 is 2.00 bits per heavy atom. The molecular formula is C18H23N3O3. The fraction of sp³-hybridized carbons (Fsp3) is 0.389. The number of benzene rings is 1. The summed E-state index contributed by atoms with van der Waals surface area (Å²) in [5.74, 6) is 0.487. The van der Waals surface area contributed by atoms with E-state index in [2.05, 4.69) is 10.3 Å². The normalized spacial score (nSPS) is 11.8. The minimum Gasteiger partial charge on any atom is -0.484 e. The van der Waals surface area contributed by atoms with Gasteiger partial charge in [0.25, 0.3) is 5.91 Å². The Morgan fingerprint density at radius 3 is 2.58 bits per heavy atom. The number of hydrogen-bond donors (Lipinski definition) is 1. The van der Waals surface area contributed by atoms with E-state index in [0.717, 1.165) is 6.42 Å². The topological polar surface area (TPSA) is 73.2 Å². The molecule has 1 unspecified atom stereocenters. The second kappa shape index (κ2) is 8.86. The monoisotopic (exact) mass is 329 g/mol. The van der Waals surface area contributed by atoms with Crippen molar-refractivity contribution in [3.8, 4) is 5.75 Å². The van der Waals surface area contributed by atoms with E-state index in [4.69, 9.17) is 4.74 Å². The molecular weight excluding hydrogens is 306 g/mol. The number of carbonyl (C=O) groups excluding carboxylic acids is 2. The summed E-state index contributed by atoms with van der Waals surface area (Å²) in [5, 5.41) is 2.95. The number of carbonyl (C=O) groups is 2. The Labute approximate surface area is 141 Å². The first-order chi connectivity index (χ1) is 11.6. The summed E-state index contributed by atoms with van der Waals surface area (Å²) < 4.78 is 7.40. The zero-order valence-electron chi connectivity index (χ0n) is 14.1. The fourth-order valence-corrected chi connectivity index (χ4v) is 2.29. The lowest BCUT2D eigenvalue weighted by molar-refractivity contribution is -0.123. The Kier molecular flexibility index (Phi) is 6.54. The molecule has 1 aromatic carbocycles. The molecule has 2 aromatic rings. The first kappa shape index (κ1) is 17.7. The van der Waals surface area contributed by atoms with E-state index in [-0.39, 0.29) is 24.3 Å². The standard InChI is InChI=1S/C18H23N3O3/c1-3-15(11-21-10-9-19-13-21)20-18(23)12-24-16-7-5-14(6-8-16)17(22)4-2/h5-10,13,15H,3-4,11-12H2,1-2H3,(H,20,23). The van der Waals surface area contributed by atoms with Crippen LogP contribution >= 0.6 is 0 Å². The van der Waals surface area contributed by atoms with Crippen molar-refractivity contribution in [2.24, 2.45) is 0 Å². The molecule has 0 aliphatic heterocycles. The number of nitrogens with zero attached hydrogens (tertiary/aromatic N) is 2. The highest BCUT2D eigenvalue weighted by Crippen LogP contribution is 2.13. The molecule has 0 saturated carbocycles. The van der Waals surface area contributed by atoms with Gasteiger partial charge in [0.1, 0.15) is 5.75 Å². The van der Waals surface area contributed by atoms with Crippen molar-refractivity contribution < 1.29 is 14.3 Å². The molecule has 1 N–H and O–H groups in total. The second-order valence-electron chi connectivity index (χ2n) is 5.52. The van der Waals surface area contributed by atoms with Crippen molar-refractivity contribution in [1.29, 1.82) is 0 Å². The molecule has 0 fully saturated rings. The smallest absolute Gasteiger partial charge is 0.258 e. The van der Waals surface area contributed by atoms with Gasteiger partial charge in [-0.15, -0.1) is 0 Å². The molecule has 6 nitrogen and oxygen atoms in total. The lowest BCUT2D eigenvalue weighted by atomic mass is 10.1. The number of aromatic nitrogens is 2. The van der Waals surface area contributed by atoms with Crippen LogP contribution in [0.4, 0.5) is 0 Å². The lowest BCUT2D eigenvalue weighted by Crippen LogP contribution is -2.39. The maximum atomic E-state index is 12.0. The van der Waals surface area contributed by atoms with Crippen molar-refractivity contribution >= 4 is 11.7 Å². The average Bonchev–Trinajstić information content (AvgIpc) is 3.12. The molecule has 0 aliphatic rings. The lowest BCUT2D eigenvalue weighted by Gasteiger charge is -2.17. The quantitative estimate of drug-likeness (QED) is 0.717. The summed E-state index contributed by atoms with van der Waals surface area (Å²) in [6.07, 6.45) is 6.59. The third-order valence-electron chi connectivity index (χ3n) is 3.72. The summed E-state index contributed by atoms with van der Waals surface area (Å²) in [5.41, 5.74) is 0.653. The summed E-state index contributed by atoms with van der Waals surface area (Å²) in [7, 11) is 0. The predicted molar refractivity (Wildman–Crippen MR) is 91.0 cm³/mol. The van der Waals surface area contributed by atoms with Crippen LogP contribution in [-0.2, 0) is 11.3 Å². The zero-order chi connectivity index (χ0) is 17.4. The third-order valence-corrected chi connectivity index (χ3v) is 3.72. The second-order valence-corrected chi connectivity index (χ2v) is 5.52. The number of amides is 1. The number of nitrogens with one attached hydrogen (secondary N) is 1. The van der Waals surface area contributed by atoms with E-state index < -0.39 is 0 Å².